The first-order valence-corrected chi connectivity index (χ1v) is 28.9. The fraction of sp³-hybridized carbons (Fsp3) is 0.945. The molecule has 3 aliphatic heterocycles. The molecular weight excluding hydrogens is 963 g/mol. The van der Waals surface area contributed by atoms with Crippen LogP contribution in [0.5, 0.6) is 0 Å². The van der Waals surface area contributed by atoms with Crippen molar-refractivity contribution in [1.82, 2.24) is 5.32 Å². The summed E-state index contributed by atoms with van der Waals surface area (Å²) in [4.78, 5) is 13.2. The van der Waals surface area contributed by atoms with Gasteiger partial charge in [-0.3, -0.25) is 4.79 Å². The number of unbranched alkanes of at least 4 members (excludes halogenated alkanes) is 26. The molecule has 0 aromatic heterocycles. The molecule has 3 rings (SSSR count). The highest BCUT2D eigenvalue weighted by atomic mass is 16.8. The molecule has 436 valence electrons. The lowest BCUT2D eigenvalue weighted by Crippen LogP contribution is -2.66. The van der Waals surface area contributed by atoms with Crippen LogP contribution in [0.1, 0.15) is 200 Å². The molecule has 0 bridgehead atoms. The van der Waals surface area contributed by atoms with Crippen LogP contribution in [0.15, 0.2) is 12.2 Å². The summed E-state index contributed by atoms with van der Waals surface area (Å²) in [6.07, 6.45) is 11.3. The Morgan fingerprint density at radius 2 is 0.838 bits per heavy atom. The lowest BCUT2D eigenvalue weighted by Gasteiger charge is -2.48. The van der Waals surface area contributed by atoms with Crippen molar-refractivity contribution in [2.75, 3.05) is 26.4 Å². The van der Waals surface area contributed by atoms with Gasteiger partial charge >= 0.3 is 0 Å². The quantitative estimate of drug-likeness (QED) is 0.0301. The van der Waals surface area contributed by atoms with Gasteiger partial charge in [0.05, 0.1) is 38.6 Å². The zero-order valence-electron chi connectivity index (χ0n) is 45.1. The number of hydrogen-bond donors (Lipinski definition) is 12. The number of ether oxygens (including phenoxy) is 6. The summed E-state index contributed by atoms with van der Waals surface area (Å²) in [5, 5.41) is 119. The second kappa shape index (κ2) is 39.8. The number of allylic oxidation sites excluding steroid dienone is 1. The molecule has 3 aliphatic rings. The number of aliphatic hydroxyl groups is 11. The Bertz CT molecular complexity index is 1410. The van der Waals surface area contributed by atoms with Crippen LogP contribution in [0.25, 0.3) is 0 Å². The summed E-state index contributed by atoms with van der Waals surface area (Å²) in [6.45, 7) is 1.63. The van der Waals surface area contributed by atoms with E-state index in [1.54, 1.807) is 6.08 Å². The van der Waals surface area contributed by atoms with E-state index in [0.29, 0.717) is 6.42 Å². The van der Waals surface area contributed by atoms with Gasteiger partial charge in [0.25, 0.3) is 0 Å². The van der Waals surface area contributed by atoms with Crippen LogP contribution in [0, 0.1) is 0 Å². The minimum Gasteiger partial charge on any atom is -0.394 e. The highest BCUT2D eigenvalue weighted by molar-refractivity contribution is 5.76. The minimum absolute atomic E-state index is 0.248. The predicted octanol–water partition coefficient (Wildman–Crippen LogP) is 4.21. The number of amides is 1. The van der Waals surface area contributed by atoms with Gasteiger partial charge in [-0.2, -0.15) is 0 Å². The minimum atomic E-state index is -1.97. The number of rotatable bonds is 42. The van der Waals surface area contributed by atoms with E-state index < -0.39 is 124 Å². The lowest BCUT2D eigenvalue weighted by molar-refractivity contribution is -0.379. The molecule has 0 aromatic rings. The van der Waals surface area contributed by atoms with E-state index in [2.05, 4.69) is 19.2 Å². The standard InChI is InChI=1S/C55H103NO18/c1-3-5-7-9-11-12-13-14-15-16-17-18-19-20-21-22-23-24-25-26-27-29-31-33-43(61)56-38(39(60)32-30-28-10-8-6-4-2)37-69-53-49(67)46(64)51(41(35-58)71-53)74-55-50(68)47(65)52(42(36-59)72-55)73-54-48(66)45(63)44(62)40(34-57)70-54/h30,32,38-42,44-55,57-60,62-68H,3-29,31,33-37H2,1-2H3,(H,56,61)/b32-30+. The molecule has 1 amide bonds. The molecular formula is C55H103NO18. The van der Waals surface area contributed by atoms with E-state index >= 15 is 0 Å². The third kappa shape index (κ3) is 24.3. The molecule has 3 fully saturated rings. The van der Waals surface area contributed by atoms with E-state index in [1.807, 2.05) is 6.08 Å². The monoisotopic (exact) mass is 1070 g/mol. The Kier molecular flexibility index (Phi) is 35.9. The molecule has 0 spiro atoms. The largest absolute Gasteiger partial charge is 0.394 e. The number of aliphatic hydroxyl groups excluding tert-OH is 11. The zero-order valence-corrected chi connectivity index (χ0v) is 45.1. The van der Waals surface area contributed by atoms with E-state index in [0.717, 1.165) is 51.4 Å². The van der Waals surface area contributed by atoms with Crippen molar-refractivity contribution in [2.45, 2.75) is 304 Å². The maximum atomic E-state index is 13.2. The van der Waals surface area contributed by atoms with Gasteiger partial charge in [0, 0.05) is 6.42 Å². The van der Waals surface area contributed by atoms with Crippen molar-refractivity contribution in [3.8, 4) is 0 Å². The molecule has 19 heteroatoms. The topological polar surface area (TPSA) is 307 Å². The normalized spacial score (nSPS) is 31.5. The van der Waals surface area contributed by atoms with Crippen molar-refractivity contribution in [3.05, 3.63) is 12.2 Å². The van der Waals surface area contributed by atoms with Crippen molar-refractivity contribution in [3.63, 3.8) is 0 Å². The van der Waals surface area contributed by atoms with E-state index in [1.165, 1.54) is 122 Å². The lowest BCUT2D eigenvalue weighted by atomic mass is 9.96. The third-order valence-electron chi connectivity index (χ3n) is 14.8. The van der Waals surface area contributed by atoms with Crippen LogP contribution in [0.2, 0.25) is 0 Å². The van der Waals surface area contributed by atoms with Crippen molar-refractivity contribution < 1.29 is 89.4 Å². The summed E-state index contributed by atoms with van der Waals surface area (Å²) in [6, 6.07) is -0.964. The first-order chi connectivity index (χ1) is 35.8. The molecule has 12 N–H and O–H groups in total. The Labute approximate surface area is 442 Å². The zero-order chi connectivity index (χ0) is 54.1. The summed E-state index contributed by atoms with van der Waals surface area (Å²) < 4.78 is 34.1. The molecule has 3 heterocycles. The van der Waals surface area contributed by atoms with Crippen LogP contribution in [-0.4, -0.2) is 193 Å². The van der Waals surface area contributed by atoms with Gasteiger partial charge in [-0.05, 0) is 19.3 Å². The predicted molar refractivity (Wildman–Crippen MR) is 277 cm³/mol. The van der Waals surface area contributed by atoms with Gasteiger partial charge in [-0.15, -0.1) is 0 Å². The SMILES string of the molecule is CCCCCC/C=C/C(O)C(COC1OC(CO)C(OC2OC(CO)C(OC3OC(CO)C(O)C(O)C3O)C(O)C2O)C(O)C1O)NC(=O)CCCCCCCCCCCCCCCCCCCCCCCCC. The Balaban J connectivity index is 1.40. The molecule has 3 saturated heterocycles. The molecule has 0 aromatic carbocycles. The third-order valence-corrected chi connectivity index (χ3v) is 14.8. The van der Waals surface area contributed by atoms with Gasteiger partial charge < -0.3 is 89.9 Å². The second-order valence-corrected chi connectivity index (χ2v) is 21.1. The molecule has 0 radical (unpaired) electrons. The summed E-state index contributed by atoms with van der Waals surface area (Å²) in [5.74, 6) is -0.278. The van der Waals surface area contributed by atoms with E-state index in [9.17, 15) is 61.0 Å². The van der Waals surface area contributed by atoms with Gasteiger partial charge in [0.2, 0.25) is 5.91 Å². The first-order valence-electron chi connectivity index (χ1n) is 28.9. The van der Waals surface area contributed by atoms with Crippen LogP contribution >= 0.6 is 0 Å². The summed E-state index contributed by atoms with van der Waals surface area (Å²) in [5.41, 5.74) is 0. The molecule has 17 unspecified atom stereocenters. The van der Waals surface area contributed by atoms with Crippen LogP contribution in [0.4, 0.5) is 0 Å². The number of nitrogens with one attached hydrogen (secondary N) is 1. The molecule has 19 nitrogen and oxygen atoms in total. The number of hydrogen-bond acceptors (Lipinski definition) is 18. The number of carbonyl (C=O) groups is 1. The first kappa shape index (κ1) is 66.8. The maximum absolute atomic E-state index is 13.2. The van der Waals surface area contributed by atoms with Gasteiger partial charge in [-0.1, -0.05) is 187 Å². The smallest absolute Gasteiger partial charge is 0.220 e. The Morgan fingerprint density at radius 1 is 0.473 bits per heavy atom. The molecule has 74 heavy (non-hydrogen) atoms. The number of carbonyl (C=O) groups excluding carboxylic acids is 1. The summed E-state index contributed by atoms with van der Waals surface area (Å²) >= 11 is 0. The highest BCUT2D eigenvalue weighted by Gasteiger charge is 2.53. The van der Waals surface area contributed by atoms with Crippen molar-refractivity contribution in [2.24, 2.45) is 0 Å². The van der Waals surface area contributed by atoms with Gasteiger partial charge in [0.15, 0.2) is 18.9 Å². The average molecular weight is 1070 g/mol. The Morgan fingerprint density at radius 3 is 1.27 bits per heavy atom. The molecule has 0 aliphatic carbocycles. The van der Waals surface area contributed by atoms with Crippen LogP contribution in [0.3, 0.4) is 0 Å². The molecule has 0 saturated carbocycles. The van der Waals surface area contributed by atoms with Gasteiger partial charge in [0.1, 0.15) is 73.2 Å². The molecule has 17 atom stereocenters. The Hall–Kier alpha value is -1.47. The van der Waals surface area contributed by atoms with Crippen LogP contribution < -0.4 is 5.32 Å². The van der Waals surface area contributed by atoms with Crippen molar-refractivity contribution >= 4 is 5.91 Å². The fourth-order valence-electron chi connectivity index (χ4n) is 10.0. The second-order valence-electron chi connectivity index (χ2n) is 21.1. The summed E-state index contributed by atoms with van der Waals surface area (Å²) in [7, 11) is 0. The van der Waals surface area contributed by atoms with E-state index in [-0.39, 0.29) is 18.9 Å². The van der Waals surface area contributed by atoms with Crippen LogP contribution in [-0.2, 0) is 33.2 Å². The average Bonchev–Trinajstić information content (AvgIpc) is 3.40. The highest BCUT2D eigenvalue weighted by Crippen LogP contribution is 2.33. The maximum Gasteiger partial charge on any atom is 0.220 e. The fourth-order valence-corrected chi connectivity index (χ4v) is 10.0. The van der Waals surface area contributed by atoms with Crippen molar-refractivity contribution in [1.29, 1.82) is 0 Å². The van der Waals surface area contributed by atoms with Gasteiger partial charge in [-0.25, -0.2) is 0 Å². The van der Waals surface area contributed by atoms with E-state index in [4.69, 9.17) is 28.4 Å².